The maximum atomic E-state index is 13.5. The number of halogens is 2. The second-order valence-corrected chi connectivity index (χ2v) is 8.87. The van der Waals surface area contributed by atoms with E-state index in [0.29, 0.717) is 36.9 Å². The SMILES string of the molecule is COc1ccc2c(=O)c3c(oc2c1)C(=O)N(c1nnc(C)s1)C3c1ccc(Cl)c(Cl)c1. The number of aryl methyl sites for hydroxylation is 1. The first kappa shape index (κ1) is 20.0. The molecule has 0 saturated heterocycles. The van der Waals surface area contributed by atoms with Gasteiger partial charge in [-0.15, -0.1) is 10.2 Å². The molecular weight excluding hydrogens is 461 g/mol. The van der Waals surface area contributed by atoms with Crippen molar-refractivity contribution >= 4 is 56.5 Å². The van der Waals surface area contributed by atoms with Crippen LogP contribution in [0.3, 0.4) is 0 Å². The molecule has 1 aliphatic heterocycles. The topological polar surface area (TPSA) is 85.5 Å². The molecule has 0 bridgehead atoms. The zero-order valence-corrected chi connectivity index (χ0v) is 18.5. The van der Waals surface area contributed by atoms with Gasteiger partial charge in [-0.1, -0.05) is 40.6 Å². The fourth-order valence-electron chi connectivity index (χ4n) is 3.66. The van der Waals surface area contributed by atoms with E-state index in [9.17, 15) is 9.59 Å². The van der Waals surface area contributed by atoms with Crippen LogP contribution in [0.5, 0.6) is 5.75 Å². The Labute approximate surface area is 189 Å². The molecule has 0 aliphatic carbocycles. The number of carbonyl (C=O) groups excluding carboxylic acids is 1. The van der Waals surface area contributed by atoms with Crippen LogP contribution in [0.1, 0.15) is 32.7 Å². The van der Waals surface area contributed by atoms with Crippen LogP contribution in [0.4, 0.5) is 5.13 Å². The number of amides is 1. The third kappa shape index (κ3) is 3.10. The lowest BCUT2D eigenvalue weighted by atomic mass is 9.98. The van der Waals surface area contributed by atoms with Crippen molar-refractivity contribution in [3.8, 4) is 5.75 Å². The summed E-state index contributed by atoms with van der Waals surface area (Å²) in [5.74, 6) is -0.0163. The Morgan fingerprint density at radius 2 is 1.90 bits per heavy atom. The molecule has 0 saturated carbocycles. The molecule has 7 nitrogen and oxygen atoms in total. The molecule has 0 spiro atoms. The first-order valence-electron chi connectivity index (χ1n) is 9.12. The van der Waals surface area contributed by atoms with E-state index in [0.717, 1.165) is 0 Å². The van der Waals surface area contributed by atoms with Crippen molar-refractivity contribution in [2.24, 2.45) is 0 Å². The van der Waals surface area contributed by atoms with Gasteiger partial charge in [0.25, 0.3) is 5.91 Å². The van der Waals surface area contributed by atoms with E-state index < -0.39 is 11.9 Å². The minimum atomic E-state index is -0.785. The first-order chi connectivity index (χ1) is 14.9. The lowest BCUT2D eigenvalue weighted by Crippen LogP contribution is -2.29. The summed E-state index contributed by atoms with van der Waals surface area (Å²) >= 11 is 13.6. The lowest BCUT2D eigenvalue weighted by molar-refractivity contribution is 0.0970. The quantitative estimate of drug-likeness (QED) is 0.415. The fourth-order valence-corrected chi connectivity index (χ4v) is 4.68. The van der Waals surface area contributed by atoms with Crippen LogP contribution >= 0.6 is 34.5 Å². The number of benzene rings is 2. The molecule has 156 valence electrons. The number of hydrogen-bond donors (Lipinski definition) is 0. The molecule has 1 amide bonds. The van der Waals surface area contributed by atoms with Crippen molar-refractivity contribution in [2.45, 2.75) is 13.0 Å². The Hall–Kier alpha value is -2.94. The maximum absolute atomic E-state index is 13.5. The highest BCUT2D eigenvalue weighted by atomic mass is 35.5. The van der Waals surface area contributed by atoms with Crippen LogP contribution in [0.25, 0.3) is 11.0 Å². The summed E-state index contributed by atoms with van der Waals surface area (Å²) in [7, 11) is 1.51. The zero-order chi connectivity index (χ0) is 21.9. The third-order valence-electron chi connectivity index (χ3n) is 5.06. The summed E-state index contributed by atoms with van der Waals surface area (Å²) < 4.78 is 11.1. The summed E-state index contributed by atoms with van der Waals surface area (Å²) in [5.41, 5.74) is 0.773. The number of ether oxygens (including phenoxy) is 1. The molecule has 3 heterocycles. The van der Waals surface area contributed by atoms with E-state index >= 15 is 0 Å². The Kier molecular flexibility index (Phi) is 4.73. The van der Waals surface area contributed by atoms with Gasteiger partial charge in [0, 0.05) is 6.07 Å². The number of nitrogens with zero attached hydrogens (tertiary/aromatic N) is 3. The number of rotatable bonds is 3. The maximum Gasteiger partial charge on any atom is 0.297 e. The minimum Gasteiger partial charge on any atom is -0.497 e. The smallest absolute Gasteiger partial charge is 0.297 e. The Morgan fingerprint density at radius 3 is 2.58 bits per heavy atom. The van der Waals surface area contributed by atoms with Crippen LogP contribution in [0, 0.1) is 6.92 Å². The van der Waals surface area contributed by atoms with E-state index in [4.69, 9.17) is 32.4 Å². The molecule has 0 radical (unpaired) electrons. The number of carbonyl (C=O) groups is 1. The van der Waals surface area contributed by atoms with Crippen LogP contribution in [-0.4, -0.2) is 23.2 Å². The van der Waals surface area contributed by atoms with E-state index in [2.05, 4.69) is 10.2 Å². The lowest BCUT2D eigenvalue weighted by Gasteiger charge is -2.22. The summed E-state index contributed by atoms with van der Waals surface area (Å²) in [6, 6.07) is 9.06. The van der Waals surface area contributed by atoms with Crippen molar-refractivity contribution in [3.63, 3.8) is 0 Å². The van der Waals surface area contributed by atoms with Gasteiger partial charge in [0.1, 0.15) is 16.3 Å². The fraction of sp³-hybridized carbons (Fsp3) is 0.143. The van der Waals surface area contributed by atoms with Gasteiger partial charge >= 0.3 is 0 Å². The number of anilines is 1. The highest BCUT2D eigenvalue weighted by Crippen LogP contribution is 2.43. The number of methoxy groups -OCH3 is 1. The normalized spacial score (nSPS) is 15.5. The molecular formula is C21H13Cl2N3O4S. The molecule has 0 fully saturated rings. The number of hydrogen-bond acceptors (Lipinski definition) is 7. The van der Waals surface area contributed by atoms with Gasteiger partial charge in [0.2, 0.25) is 10.9 Å². The van der Waals surface area contributed by atoms with Crippen LogP contribution in [0.15, 0.2) is 45.6 Å². The van der Waals surface area contributed by atoms with Gasteiger partial charge in [-0.2, -0.15) is 0 Å². The summed E-state index contributed by atoms with van der Waals surface area (Å²) in [5, 5.41) is 10.2. The zero-order valence-electron chi connectivity index (χ0n) is 16.2. The molecule has 1 aliphatic rings. The molecule has 31 heavy (non-hydrogen) atoms. The number of fused-ring (bicyclic) bond motifs is 2. The van der Waals surface area contributed by atoms with E-state index in [1.807, 2.05) is 0 Å². The molecule has 0 N–H and O–H groups in total. The molecule has 2 aromatic carbocycles. The highest BCUT2D eigenvalue weighted by Gasteiger charge is 2.45. The standard InChI is InChI=1S/C21H13Cl2N3O4S/c1-9-24-25-21(31-9)26-17(10-3-6-13(22)14(23)7-10)16-18(27)12-5-4-11(29-2)8-15(12)30-19(16)20(26)28/h3-8,17H,1-2H3. The molecule has 2 aromatic heterocycles. The average Bonchev–Trinajstić information content (AvgIpc) is 3.31. The van der Waals surface area contributed by atoms with E-state index in [1.165, 1.54) is 23.3 Å². The van der Waals surface area contributed by atoms with Crippen LogP contribution < -0.4 is 15.1 Å². The monoisotopic (exact) mass is 473 g/mol. The Morgan fingerprint density at radius 1 is 1.10 bits per heavy atom. The van der Waals surface area contributed by atoms with Gasteiger partial charge in [0.15, 0.2) is 5.43 Å². The predicted octanol–water partition coefficient (Wildman–Crippen LogP) is 5.02. The van der Waals surface area contributed by atoms with Crippen LogP contribution in [0.2, 0.25) is 10.0 Å². The second kappa shape index (κ2) is 7.33. The first-order valence-corrected chi connectivity index (χ1v) is 10.7. The summed E-state index contributed by atoms with van der Waals surface area (Å²) in [4.78, 5) is 28.4. The van der Waals surface area contributed by atoms with Crippen molar-refractivity contribution in [1.82, 2.24) is 10.2 Å². The summed E-state index contributed by atoms with van der Waals surface area (Å²) in [6.45, 7) is 1.78. The van der Waals surface area contributed by atoms with Gasteiger partial charge in [-0.05, 0) is 36.8 Å². The van der Waals surface area contributed by atoms with Crippen molar-refractivity contribution < 1.29 is 13.9 Å². The second-order valence-electron chi connectivity index (χ2n) is 6.89. The van der Waals surface area contributed by atoms with Gasteiger partial charge in [-0.3, -0.25) is 14.5 Å². The Balaban J connectivity index is 1.81. The van der Waals surface area contributed by atoms with Gasteiger partial charge < -0.3 is 9.15 Å². The molecule has 1 unspecified atom stereocenters. The third-order valence-corrected chi connectivity index (χ3v) is 6.64. The van der Waals surface area contributed by atoms with Crippen LogP contribution in [-0.2, 0) is 0 Å². The van der Waals surface area contributed by atoms with E-state index in [-0.39, 0.29) is 22.3 Å². The molecule has 4 aromatic rings. The Bertz CT molecular complexity index is 1430. The van der Waals surface area contributed by atoms with Crippen molar-refractivity contribution in [1.29, 1.82) is 0 Å². The molecule has 5 rings (SSSR count). The summed E-state index contributed by atoms with van der Waals surface area (Å²) in [6.07, 6.45) is 0. The van der Waals surface area contributed by atoms with E-state index in [1.54, 1.807) is 43.3 Å². The molecule has 10 heteroatoms. The largest absolute Gasteiger partial charge is 0.497 e. The molecule has 1 atom stereocenters. The number of aromatic nitrogens is 2. The van der Waals surface area contributed by atoms with Gasteiger partial charge in [-0.25, -0.2) is 0 Å². The van der Waals surface area contributed by atoms with Gasteiger partial charge in [0.05, 0.1) is 34.1 Å². The predicted molar refractivity (Wildman–Crippen MR) is 119 cm³/mol. The minimum absolute atomic E-state index is 0.0466. The average molecular weight is 474 g/mol. The van der Waals surface area contributed by atoms with Crippen molar-refractivity contribution in [3.05, 3.63) is 78.6 Å². The highest BCUT2D eigenvalue weighted by molar-refractivity contribution is 7.15. The van der Waals surface area contributed by atoms with Crippen molar-refractivity contribution in [2.75, 3.05) is 12.0 Å².